The topological polar surface area (TPSA) is 84.1 Å². The van der Waals surface area contributed by atoms with Crippen LogP contribution in [0.5, 0.6) is 11.5 Å². The molecule has 0 saturated carbocycles. The summed E-state index contributed by atoms with van der Waals surface area (Å²) in [6, 6.07) is 13.4. The highest BCUT2D eigenvalue weighted by Crippen LogP contribution is 2.35. The number of benzene rings is 2. The van der Waals surface area contributed by atoms with Crippen LogP contribution >= 0.6 is 0 Å². The molecule has 5 aromatic rings. The average Bonchev–Trinajstić information content (AvgIpc) is 3.12. The van der Waals surface area contributed by atoms with Gasteiger partial charge in [0.25, 0.3) is 5.56 Å². The van der Waals surface area contributed by atoms with Crippen molar-refractivity contribution in [1.82, 2.24) is 24.1 Å². The third-order valence-corrected chi connectivity index (χ3v) is 5.89. The van der Waals surface area contributed by atoms with Gasteiger partial charge in [0.15, 0.2) is 22.8 Å². The second-order valence-corrected chi connectivity index (χ2v) is 8.72. The van der Waals surface area contributed by atoms with E-state index in [9.17, 15) is 4.79 Å². The zero-order chi connectivity index (χ0) is 22.7. The van der Waals surface area contributed by atoms with E-state index in [1.807, 2.05) is 54.0 Å². The molecule has 0 N–H and O–H groups in total. The molecule has 3 aromatic heterocycles. The Hall–Kier alpha value is -3.94. The molecule has 0 spiro atoms. The standard InChI is InChI=1S/C25H23N5O3/c1-14(2)13-29-15(3)26-23-21(25(29)31)22-24(28-18-7-5-4-6-17(18)27-22)30(23)16-8-9-19-20(12-16)33-11-10-32-19/h4-9,12,14H,10-11,13H2,1-3H3. The molecule has 166 valence electrons. The van der Waals surface area contributed by atoms with Gasteiger partial charge in [-0.15, -0.1) is 0 Å². The molecule has 0 bridgehead atoms. The molecule has 2 aromatic carbocycles. The van der Waals surface area contributed by atoms with E-state index in [-0.39, 0.29) is 5.56 Å². The van der Waals surface area contributed by atoms with Crippen molar-refractivity contribution in [3.8, 4) is 17.2 Å². The van der Waals surface area contributed by atoms with Gasteiger partial charge in [-0.25, -0.2) is 15.0 Å². The van der Waals surface area contributed by atoms with Gasteiger partial charge in [0.1, 0.15) is 29.9 Å². The molecular weight excluding hydrogens is 418 g/mol. The minimum absolute atomic E-state index is 0.0999. The Bertz CT molecular complexity index is 1620. The molecule has 1 aliphatic heterocycles. The molecule has 33 heavy (non-hydrogen) atoms. The molecule has 0 fully saturated rings. The molecule has 8 nitrogen and oxygen atoms in total. The minimum atomic E-state index is -0.0999. The van der Waals surface area contributed by atoms with Crippen molar-refractivity contribution < 1.29 is 9.47 Å². The largest absolute Gasteiger partial charge is 0.486 e. The van der Waals surface area contributed by atoms with Crippen molar-refractivity contribution >= 4 is 33.2 Å². The van der Waals surface area contributed by atoms with Crippen molar-refractivity contribution in [2.45, 2.75) is 27.3 Å². The van der Waals surface area contributed by atoms with Crippen LogP contribution in [0.25, 0.3) is 38.9 Å². The Balaban J connectivity index is 1.75. The van der Waals surface area contributed by atoms with Crippen molar-refractivity contribution in [3.05, 3.63) is 58.6 Å². The zero-order valence-corrected chi connectivity index (χ0v) is 18.7. The average molecular weight is 441 g/mol. The number of hydrogen-bond donors (Lipinski definition) is 0. The smallest absolute Gasteiger partial charge is 0.265 e. The highest BCUT2D eigenvalue weighted by molar-refractivity contribution is 6.05. The lowest BCUT2D eigenvalue weighted by molar-refractivity contribution is 0.171. The second kappa shape index (κ2) is 7.30. The van der Waals surface area contributed by atoms with E-state index < -0.39 is 0 Å². The number of rotatable bonds is 3. The van der Waals surface area contributed by atoms with E-state index in [4.69, 9.17) is 24.4 Å². The fraction of sp³-hybridized carbons (Fsp3) is 0.280. The Morgan fingerprint density at radius 3 is 2.42 bits per heavy atom. The maximum atomic E-state index is 13.7. The fourth-order valence-corrected chi connectivity index (χ4v) is 4.43. The lowest BCUT2D eigenvalue weighted by Gasteiger charge is -2.19. The van der Waals surface area contributed by atoms with Crippen LogP contribution in [0.3, 0.4) is 0 Å². The lowest BCUT2D eigenvalue weighted by Crippen LogP contribution is -2.26. The molecule has 1 aliphatic rings. The van der Waals surface area contributed by atoms with E-state index >= 15 is 0 Å². The minimum Gasteiger partial charge on any atom is -0.486 e. The van der Waals surface area contributed by atoms with Crippen LogP contribution in [-0.4, -0.2) is 37.3 Å². The normalized spacial score (nSPS) is 13.5. The summed E-state index contributed by atoms with van der Waals surface area (Å²) in [5, 5.41) is 0.476. The predicted octanol–water partition coefficient (Wildman–Crippen LogP) is 4.02. The molecule has 0 radical (unpaired) electrons. The van der Waals surface area contributed by atoms with E-state index in [0.717, 1.165) is 16.7 Å². The van der Waals surface area contributed by atoms with Gasteiger partial charge in [-0.1, -0.05) is 26.0 Å². The molecule has 8 heteroatoms. The number of nitrogens with zero attached hydrogens (tertiary/aromatic N) is 5. The Labute approximate surface area is 189 Å². The molecule has 0 atom stereocenters. The van der Waals surface area contributed by atoms with Crippen LogP contribution in [0.15, 0.2) is 47.3 Å². The molecule has 0 aliphatic carbocycles. The molecule has 0 saturated heterocycles. The number of aryl methyl sites for hydroxylation is 1. The van der Waals surface area contributed by atoms with Crippen LogP contribution in [0.4, 0.5) is 0 Å². The van der Waals surface area contributed by atoms with E-state index in [1.54, 1.807) is 4.57 Å². The maximum Gasteiger partial charge on any atom is 0.265 e. The molecule has 0 unspecified atom stereocenters. The van der Waals surface area contributed by atoms with Gasteiger partial charge >= 0.3 is 0 Å². The van der Waals surface area contributed by atoms with Gasteiger partial charge in [-0.2, -0.15) is 0 Å². The third-order valence-electron chi connectivity index (χ3n) is 5.89. The summed E-state index contributed by atoms with van der Waals surface area (Å²) >= 11 is 0. The van der Waals surface area contributed by atoms with Gasteiger partial charge < -0.3 is 9.47 Å². The first-order valence-corrected chi connectivity index (χ1v) is 11.1. The first-order valence-electron chi connectivity index (χ1n) is 11.1. The highest BCUT2D eigenvalue weighted by atomic mass is 16.6. The Morgan fingerprint density at radius 1 is 0.939 bits per heavy atom. The highest BCUT2D eigenvalue weighted by Gasteiger charge is 2.23. The third kappa shape index (κ3) is 3.05. The quantitative estimate of drug-likeness (QED) is 0.421. The Morgan fingerprint density at radius 2 is 1.67 bits per heavy atom. The van der Waals surface area contributed by atoms with Gasteiger partial charge in [0, 0.05) is 12.6 Å². The summed E-state index contributed by atoms with van der Waals surface area (Å²) in [7, 11) is 0. The summed E-state index contributed by atoms with van der Waals surface area (Å²) in [5.41, 5.74) is 3.86. The monoisotopic (exact) mass is 441 g/mol. The predicted molar refractivity (Wildman–Crippen MR) is 126 cm³/mol. The summed E-state index contributed by atoms with van der Waals surface area (Å²) in [4.78, 5) is 28.4. The van der Waals surface area contributed by atoms with Crippen molar-refractivity contribution in [3.63, 3.8) is 0 Å². The number of ether oxygens (including phenoxy) is 2. The summed E-state index contributed by atoms with van der Waals surface area (Å²) in [5.74, 6) is 2.32. The number of para-hydroxylation sites is 2. The summed E-state index contributed by atoms with van der Waals surface area (Å²) < 4.78 is 15.1. The first-order chi connectivity index (χ1) is 16.0. The number of hydrogen-bond acceptors (Lipinski definition) is 6. The van der Waals surface area contributed by atoms with Gasteiger partial charge in [0.05, 0.1) is 16.7 Å². The van der Waals surface area contributed by atoms with Crippen LogP contribution in [0, 0.1) is 12.8 Å². The molecule has 6 rings (SSSR count). The van der Waals surface area contributed by atoms with E-state index in [0.29, 0.717) is 65.2 Å². The number of fused-ring (bicyclic) bond motifs is 5. The second-order valence-electron chi connectivity index (χ2n) is 8.72. The van der Waals surface area contributed by atoms with Crippen LogP contribution in [0.1, 0.15) is 19.7 Å². The molecule has 0 amide bonds. The molecular formula is C25H23N5O3. The SMILES string of the molecule is Cc1nc2c(c(=O)n1CC(C)C)c1nc3ccccc3nc1n2-c1ccc2c(c1)OCCO2. The van der Waals surface area contributed by atoms with E-state index in [2.05, 4.69) is 13.8 Å². The summed E-state index contributed by atoms with van der Waals surface area (Å²) in [6.45, 7) is 7.64. The van der Waals surface area contributed by atoms with Crippen molar-refractivity contribution in [2.24, 2.45) is 5.92 Å². The molecule has 4 heterocycles. The van der Waals surface area contributed by atoms with E-state index in [1.165, 1.54) is 0 Å². The van der Waals surface area contributed by atoms with Crippen molar-refractivity contribution in [1.29, 1.82) is 0 Å². The maximum absolute atomic E-state index is 13.7. The number of aromatic nitrogens is 5. The first kappa shape index (κ1) is 19.7. The zero-order valence-electron chi connectivity index (χ0n) is 18.7. The van der Waals surface area contributed by atoms with Crippen LogP contribution in [0.2, 0.25) is 0 Å². The van der Waals surface area contributed by atoms with Crippen LogP contribution < -0.4 is 15.0 Å². The van der Waals surface area contributed by atoms with Gasteiger partial charge in [-0.05, 0) is 37.1 Å². The van der Waals surface area contributed by atoms with Gasteiger partial charge in [-0.3, -0.25) is 13.9 Å². The lowest BCUT2D eigenvalue weighted by atomic mass is 10.2. The Kier molecular flexibility index (Phi) is 4.36. The fourth-order valence-electron chi connectivity index (χ4n) is 4.43. The summed E-state index contributed by atoms with van der Waals surface area (Å²) in [6.07, 6.45) is 0. The van der Waals surface area contributed by atoms with Gasteiger partial charge in [0.2, 0.25) is 0 Å². The van der Waals surface area contributed by atoms with Crippen LogP contribution in [-0.2, 0) is 6.54 Å². The van der Waals surface area contributed by atoms with Crippen molar-refractivity contribution in [2.75, 3.05) is 13.2 Å².